The minimum absolute atomic E-state index is 0.0133. The van der Waals surface area contributed by atoms with Gasteiger partial charge in [-0.3, -0.25) is 14.4 Å². The predicted octanol–water partition coefficient (Wildman–Crippen LogP) is 4.14. The number of carbonyl (C=O) groups excluding carboxylic acids is 3. The number of hydrogen-bond acceptors (Lipinski definition) is 3. The van der Waals surface area contributed by atoms with E-state index in [1.807, 2.05) is 27.1 Å². The van der Waals surface area contributed by atoms with Gasteiger partial charge in [-0.2, -0.15) is 0 Å². The molecule has 0 heterocycles. The van der Waals surface area contributed by atoms with Crippen molar-refractivity contribution in [2.24, 2.45) is 23.2 Å². The lowest BCUT2D eigenvalue weighted by molar-refractivity contribution is -0.139. The lowest BCUT2D eigenvalue weighted by Gasteiger charge is -2.29. The van der Waals surface area contributed by atoms with Gasteiger partial charge in [0.15, 0.2) is 5.78 Å². The monoisotopic (exact) mass is 295 g/mol. The normalized spacial score (nSPS) is 17.1. The molecule has 0 saturated carbocycles. The van der Waals surface area contributed by atoms with Gasteiger partial charge >= 0.3 is 0 Å². The first-order chi connectivity index (χ1) is 9.73. The van der Waals surface area contributed by atoms with Gasteiger partial charge < -0.3 is 0 Å². The van der Waals surface area contributed by atoms with Crippen molar-refractivity contribution in [3.8, 4) is 0 Å². The third-order valence-corrected chi connectivity index (χ3v) is 4.33. The molecule has 121 valence electrons. The second kappa shape index (κ2) is 9.11. The zero-order valence-electron chi connectivity index (χ0n) is 14.5. The summed E-state index contributed by atoms with van der Waals surface area (Å²) in [5.41, 5.74) is -1.14. The van der Waals surface area contributed by atoms with Crippen molar-refractivity contribution >= 4 is 17.9 Å². The Morgan fingerprint density at radius 1 is 1.14 bits per heavy atom. The largest absolute Gasteiger partial charge is 0.299 e. The Morgan fingerprint density at radius 3 is 2.10 bits per heavy atom. The SMILES string of the molecule is CCCC(C)([C]=O)C(=O)C(C(=O)CCC(C)C)C(C)CC. The molecule has 0 N–H and O–H groups in total. The van der Waals surface area contributed by atoms with Gasteiger partial charge in [0.05, 0.1) is 11.3 Å². The second-order valence-corrected chi connectivity index (χ2v) is 6.81. The number of Topliss-reactive ketones (excluding diaryl/α,β-unsaturated/α-hetero) is 2. The smallest absolute Gasteiger partial charge is 0.212 e. The van der Waals surface area contributed by atoms with Gasteiger partial charge in [-0.05, 0) is 31.6 Å². The van der Waals surface area contributed by atoms with Gasteiger partial charge in [0, 0.05) is 6.42 Å². The van der Waals surface area contributed by atoms with E-state index in [-0.39, 0.29) is 17.5 Å². The lowest BCUT2D eigenvalue weighted by atomic mass is 9.71. The number of hydrogen-bond donors (Lipinski definition) is 0. The summed E-state index contributed by atoms with van der Waals surface area (Å²) in [6.07, 6.45) is 5.05. The summed E-state index contributed by atoms with van der Waals surface area (Å²) in [4.78, 5) is 36.6. The highest BCUT2D eigenvalue weighted by Crippen LogP contribution is 2.31. The fourth-order valence-corrected chi connectivity index (χ4v) is 2.61. The van der Waals surface area contributed by atoms with E-state index in [0.717, 1.165) is 19.3 Å². The average molecular weight is 295 g/mol. The Bertz CT molecular complexity index is 359. The molecule has 3 nitrogen and oxygen atoms in total. The first-order valence-electron chi connectivity index (χ1n) is 8.19. The van der Waals surface area contributed by atoms with Crippen molar-refractivity contribution in [3.63, 3.8) is 0 Å². The predicted molar refractivity (Wildman–Crippen MR) is 85.7 cm³/mol. The van der Waals surface area contributed by atoms with Crippen LogP contribution in [-0.2, 0) is 14.4 Å². The molecule has 0 fully saturated rings. The zero-order valence-corrected chi connectivity index (χ0v) is 14.5. The molecule has 3 heteroatoms. The molecular formula is C18H31O3. The Labute approximate surface area is 129 Å². The maximum atomic E-state index is 12.8. The third kappa shape index (κ3) is 5.72. The fraction of sp³-hybridized carbons (Fsp3) is 0.833. The van der Waals surface area contributed by atoms with Crippen molar-refractivity contribution in [1.29, 1.82) is 0 Å². The molecule has 0 amide bonds. The molecule has 0 spiro atoms. The van der Waals surface area contributed by atoms with Crippen LogP contribution in [-0.4, -0.2) is 17.9 Å². The van der Waals surface area contributed by atoms with Crippen LogP contribution in [0.2, 0.25) is 0 Å². The summed E-state index contributed by atoms with van der Waals surface area (Å²) < 4.78 is 0. The first-order valence-corrected chi connectivity index (χ1v) is 8.19. The lowest BCUT2D eigenvalue weighted by Crippen LogP contribution is -2.41. The van der Waals surface area contributed by atoms with Crippen molar-refractivity contribution in [1.82, 2.24) is 0 Å². The van der Waals surface area contributed by atoms with Gasteiger partial charge in [-0.25, -0.2) is 0 Å². The number of rotatable bonds is 11. The second-order valence-electron chi connectivity index (χ2n) is 6.81. The molecule has 1 radical (unpaired) electrons. The summed E-state index contributed by atoms with van der Waals surface area (Å²) in [6.45, 7) is 11.6. The van der Waals surface area contributed by atoms with Crippen molar-refractivity contribution in [2.45, 2.75) is 73.6 Å². The van der Waals surface area contributed by atoms with Gasteiger partial charge in [-0.1, -0.05) is 47.5 Å². The van der Waals surface area contributed by atoms with Crippen molar-refractivity contribution in [2.75, 3.05) is 0 Å². The molecule has 3 unspecified atom stereocenters. The molecule has 0 aliphatic rings. The summed E-state index contributed by atoms with van der Waals surface area (Å²) >= 11 is 0. The van der Waals surface area contributed by atoms with E-state index in [4.69, 9.17) is 0 Å². The van der Waals surface area contributed by atoms with E-state index >= 15 is 0 Å². The van der Waals surface area contributed by atoms with E-state index in [2.05, 4.69) is 13.8 Å². The van der Waals surface area contributed by atoms with Crippen LogP contribution in [0, 0.1) is 23.2 Å². The topological polar surface area (TPSA) is 51.2 Å². The third-order valence-electron chi connectivity index (χ3n) is 4.33. The fourth-order valence-electron chi connectivity index (χ4n) is 2.61. The standard InChI is InChI=1S/C18H31O3/c1-7-11-18(6,12-19)17(21)16(14(5)8-2)15(20)10-9-13(3)4/h13-14,16H,7-11H2,1-6H3. The van der Waals surface area contributed by atoms with Crippen LogP contribution < -0.4 is 0 Å². The maximum Gasteiger partial charge on any atom is 0.212 e. The Morgan fingerprint density at radius 2 is 1.71 bits per heavy atom. The molecule has 21 heavy (non-hydrogen) atoms. The average Bonchev–Trinajstić information content (AvgIpc) is 2.44. The van der Waals surface area contributed by atoms with Crippen molar-refractivity contribution in [3.05, 3.63) is 0 Å². The van der Waals surface area contributed by atoms with Crippen LogP contribution in [0.4, 0.5) is 0 Å². The molecule has 0 aromatic carbocycles. The maximum absolute atomic E-state index is 12.8. The van der Waals surface area contributed by atoms with Crippen LogP contribution in [0.1, 0.15) is 73.6 Å². The number of carbonyl (C=O) groups is 2. The minimum atomic E-state index is -1.14. The molecule has 0 aliphatic heterocycles. The minimum Gasteiger partial charge on any atom is -0.299 e. The van der Waals surface area contributed by atoms with Gasteiger partial charge in [0.1, 0.15) is 5.78 Å². The summed E-state index contributed by atoms with van der Waals surface area (Å²) in [5.74, 6) is -0.502. The molecule has 3 atom stereocenters. The van der Waals surface area contributed by atoms with Crippen LogP contribution in [0.5, 0.6) is 0 Å². The summed E-state index contributed by atoms with van der Waals surface area (Å²) in [6, 6.07) is 0. The van der Waals surface area contributed by atoms with E-state index in [9.17, 15) is 14.4 Å². The molecule has 0 aromatic rings. The highest BCUT2D eigenvalue weighted by Gasteiger charge is 2.42. The Balaban J connectivity index is 5.26. The van der Waals surface area contributed by atoms with Crippen LogP contribution in [0.15, 0.2) is 0 Å². The molecule has 0 aliphatic carbocycles. The quantitative estimate of drug-likeness (QED) is 0.538. The summed E-state index contributed by atoms with van der Waals surface area (Å²) in [7, 11) is 0. The Hall–Kier alpha value is -0.990. The highest BCUT2D eigenvalue weighted by molar-refractivity contribution is 6.10. The van der Waals surface area contributed by atoms with E-state index in [1.165, 1.54) is 0 Å². The van der Waals surface area contributed by atoms with Crippen LogP contribution in [0.25, 0.3) is 0 Å². The molecule has 0 rings (SSSR count). The zero-order chi connectivity index (χ0) is 16.6. The molecule has 0 aromatic heterocycles. The molecule has 0 saturated heterocycles. The first kappa shape index (κ1) is 20.0. The van der Waals surface area contributed by atoms with Crippen molar-refractivity contribution < 1.29 is 14.4 Å². The summed E-state index contributed by atoms with van der Waals surface area (Å²) in [5, 5.41) is 0. The van der Waals surface area contributed by atoms with Gasteiger partial charge in [0.25, 0.3) is 0 Å². The van der Waals surface area contributed by atoms with Crippen LogP contribution in [0.3, 0.4) is 0 Å². The van der Waals surface area contributed by atoms with Gasteiger partial charge in [-0.15, -0.1) is 0 Å². The van der Waals surface area contributed by atoms with Gasteiger partial charge in [0.2, 0.25) is 6.29 Å². The molecule has 0 bridgehead atoms. The van der Waals surface area contributed by atoms with E-state index in [1.54, 1.807) is 6.92 Å². The van der Waals surface area contributed by atoms with Crippen LogP contribution >= 0.6 is 0 Å². The van der Waals surface area contributed by atoms with E-state index in [0.29, 0.717) is 18.8 Å². The molecular weight excluding hydrogens is 264 g/mol. The van der Waals surface area contributed by atoms with E-state index < -0.39 is 11.3 Å². The number of ketones is 2. The Kier molecular flexibility index (Phi) is 8.68. The highest BCUT2D eigenvalue weighted by atomic mass is 16.2.